The van der Waals surface area contributed by atoms with Crippen LogP contribution in [0.5, 0.6) is 5.75 Å². The zero-order chi connectivity index (χ0) is 20.8. The second-order valence-corrected chi connectivity index (χ2v) is 10.1. The molecule has 4 aliphatic rings. The Hall–Kier alpha value is -2.81. The average Bonchev–Trinajstić information content (AvgIpc) is 2.77. The van der Waals surface area contributed by atoms with E-state index in [0.29, 0.717) is 5.41 Å². The van der Waals surface area contributed by atoms with Crippen LogP contribution < -0.4 is 10.1 Å². The second-order valence-electron chi connectivity index (χ2n) is 10.1. The molecule has 31 heavy (non-hydrogen) atoms. The first-order valence-corrected chi connectivity index (χ1v) is 11.7. The molecule has 158 valence electrons. The fraction of sp³-hybridized carbons (Fsp3) is 0.393. The number of hydrogen-bond donors (Lipinski definition) is 1. The monoisotopic (exact) mass is 411 g/mol. The zero-order valence-electron chi connectivity index (χ0n) is 17.8. The van der Waals surface area contributed by atoms with E-state index in [1.54, 1.807) is 0 Å². The maximum atomic E-state index is 12.5. The van der Waals surface area contributed by atoms with Gasteiger partial charge in [-0.15, -0.1) is 0 Å². The van der Waals surface area contributed by atoms with Crippen molar-refractivity contribution in [3.05, 3.63) is 72.3 Å². The van der Waals surface area contributed by atoms with Crippen molar-refractivity contribution in [1.29, 1.82) is 0 Å². The summed E-state index contributed by atoms with van der Waals surface area (Å²) in [5.41, 5.74) is 2.73. The van der Waals surface area contributed by atoms with Crippen LogP contribution in [0.2, 0.25) is 0 Å². The number of amides is 1. The molecule has 0 saturated heterocycles. The van der Waals surface area contributed by atoms with Gasteiger partial charge >= 0.3 is 0 Å². The van der Waals surface area contributed by atoms with E-state index in [2.05, 4.69) is 29.6 Å². The van der Waals surface area contributed by atoms with E-state index in [1.165, 1.54) is 44.1 Å². The normalized spacial score (nSPS) is 28.6. The minimum absolute atomic E-state index is 0.00470. The Morgan fingerprint density at radius 2 is 1.48 bits per heavy atom. The molecule has 0 heterocycles. The summed E-state index contributed by atoms with van der Waals surface area (Å²) in [6.45, 7) is 0.00470. The Balaban J connectivity index is 1.11. The molecule has 4 aliphatic carbocycles. The highest BCUT2D eigenvalue weighted by Crippen LogP contribution is 2.60. The second kappa shape index (κ2) is 7.40. The molecule has 4 fully saturated rings. The van der Waals surface area contributed by atoms with Gasteiger partial charge in [0.1, 0.15) is 5.75 Å². The molecule has 7 rings (SSSR count). The van der Waals surface area contributed by atoms with Gasteiger partial charge in [0, 0.05) is 11.1 Å². The van der Waals surface area contributed by atoms with Crippen LogP contribution in [0.4, 0.5) is 5.69 Å². The van der Waals surface area contributed by atoms with Crippen LogP contribution in [0.25, 0.3) is 10.8 Å². The number of benzene rings is 3. The lowest BCUT2D eigenvalue weighted by Crippen LogP contribution is -2.48. The highest BCUT2D eigenvalue weighted by Gasteiger charge is 2.51. The summed E-state index contributed by atoms with van der Waals surface area (Å²) < 4.78 is 5.83. The van der Waals surface area contributed by atoms with Crippen LogP contribution in [0, 0.1) is 17.8 Å². The number of rotatable bonds is 5. The summed E-state index contributed by atoms with van der Waals surface area (Å²) in [6.07, 6.45) is 8.48. The first kappa shape index (κ1) is 18.9. The van der Waals surface area contributed by atoms with E-state index in [4.69, 9.17) is 4.74 Å². The topological polar surface area (TPSA) is 38.3 Å². The van der Waals surface area contributed by atoms with Gasteiger partial charge in [0.2, 0.25) is 0 Å². The predicted octanol–water partition coefficient (Wildman–Crippen LogP) is 6.33. The lowest BCUT2D eigenvalue weighted by molar-refractivity contribution is -0.118. The van der Waals surface area contributed by atoms with Gasteiger partial charge in [-0.3, -0.25) is 4.79 Å². The van der Waals surface area contributed by atoms with E-state index in [1.807, 2.05) is 42.5 Å². The quantitative estimate of drug-likeness (QED) is 0.533. The molecule has 3 aromatic rings. The van der Waals surface area contributed by atoms with Crippen LogP contribution in [0.1, 0.15) is 44.1 Å². The SMILES string of the molecule is O=C(COc1cccc2ccccc12)Nc1ccc(C23CC4CC(CC(C4)C2)C3)cc1. The number of nitrogens with one attached hydrogen (secondary N) is 1. The summed E-state index contributed by atoms with van der Waals surface area (Å²) in [4.78, 5) is 12.5. The Labute approximate surface area is 183 Å². The van der Waals surface area contributed by atoms with E-state index < -0.39 is 0 Å². The molecule has 0 aromatic heterocycles. The molecular weight excluding hydrogens is 382 g/mol. The molecule has 4 bridgehead atoms. The van der Waals surface area contributed by atoms with Crippen molar-refractivity contribution < 1.29 is 9.53 Å². The lowest BCUT2D eigenvalue weighted by atomic mass is 9.48. The van der Waals surface area contributed by atoms with Crippen molar-refractivity contribution in [3.63, 3.8) is 0 Å². The Bertz CT molecular complexity index is 1080. The van der Waals surface area contributed by atoms with Crippen LogP contribution in [0.3, 0.4) is 0 Å². The Kier molecular flexibility index (Phi) is 4.52. The molecule has 0 spiro atoms. The number of ether oxygens (including phenoxy) is 1. The van der Waals surface area contributed by atoms with Crippen molar-refractivity contribution in [1.82, 2.24) is 0 Å². The van der Waals surface area contributed by atoms with E-state index in [-0.39, 0.29) is 12.5 Å². The van der Waals surface area contributed by atoms with Crippen LogP contribution >= 0.6 is 0 Å². The molecule has 3 nitrogen and oxygen atoms in total. The molecule has 0 unspecified atom stereocenters. The standard InChI is InChI=1S/C28H29NO2/c30-27(18-31-26-7-3-5-22-4-1-2-6-25(22)26)29-24-10-8-23(9-11-24)28-15-19-12-20(16-28)14-21(13-19)17-28/h1-11,19-21H,12-18H2,(H,29,30). The Morgan fingerprint density at radius 3 is 2.19 bits per heavy atom. The lowest BCUT2D eigenvalue weighted by Gasteiger charge is -2.57. The average molecular weight is 412 g/mol. The minimum atomic E-state index is -0.129. The van der Waals surface area contributed by atoms with Crippen molar-refractivity contribution in [2.75, 3.05) is 11.9 Å². The van der Waals surface area contributed by atoms with Gasteiger partial charge in [-0.2, -0.15) is 0 Å². The van der Waals surface area contributed by atoms with Crippen LogP contribution in [-0.2, 0) is 10.2 Å². The summed E-state index contributed by atoms with van der Waals surface area (Å²) in [6, 6.07) is 22.6. The summed E-state index contributed by atoms with van der Waals surface area (Å²) in [7, 11) is 0. The molecular formula is C28H29NO2. The van der Waals surface area contributed by atoms with Crippen LogP contribution in [0.15, 0.2) is 66.7 Å². The predicted molar refractivity (Wildman–Crippen MR) is 124 cm³/mol. The number of anilines is 1. The third kappa shape index (κ3) is 3.50. The molecule has 3 heteroatoms. The molecule has 0 atom stereocenters. The van der Waals surface area contributed by atoms with E-state index in [9.17, 15) is 4.79 Å². The third-order valence-corrected chi connectivity index (χ3v) is 7.93. The molecule has 1 N–H and O–H groups in total. The number of carbonyl (C=O) groups is 1. The maximum Gasteiger partial charge on any atom is 0.262 e. The van der Waals surface area contributed by atoms with Gasteiger partial charge in [-0.05, 0) is 90.8 Å². The van der Waals surface area contributed by atoms with Crippen molar-refractivity contribution >= 4 is 22.4 Å². The smallest absolute Gasteiger partial charge is 0.262 e. The number of fused-ring (bicyclic) bond motifs is 1. The highest BCUT2D eigenvalue weighted by atomic mass is 16.5. The molecule has 1 amide bonds. The molecule has 0 radical (unpaired) electrons. The van der Waals surface area contributed by atoms with Gasteiger partial charge in [0.25, 0.3) is 5.91 Å². The van der Waals surface area contributed by atoms with Gasteiger partial charge in [-0.25, -0.2) is 0 Å². The van der Waals surface area contributed by atoms with Gasteiger partial charge < -0.3 is 10.1 Å². The van der Waals surface area contributed by atoms with Crippen molar-refractivity contribution in [2.24, 2.45) is 17.8 Å². The summed E-state index contributed by atoms with van der Waals surface area (Å²) in [5.74, 6) is 3.44. The van der Waals surface area contributed by atoms with Crippen molar-refractivity contribution in [3.8, 4) is 5.75 Å². The fourth-order valence-electron chi connectivity index (χ4n) is 7.03. The third-order valence-electron chi connectivity index (χ3n) is 7.93. The molecule has 0 aliphatic heterocycles. The Morgan fingerprint density at radius 1 is 0.839 bits per heavy atom. The van der Waals surface area contributed by atoms with E-state index in [0.717, 1.165) is 40.0 Å². The zero-order valence-corrected chi connectivity index (χ0v) is 17.8. The van der Waals surface area contributed by atoms with Gasteiger partial charge in [0.05, 0.1) is 0 Å². The summed E-state index contributed by atoms with van der Waals surface area (Å²) in [5, 5.41) is 5.13. The molecule has 3 aromatic carbocycles. The largest absolute Gasteiger partial charge is 0.483 e. The van der Waals surface area contributed by atoms with Gasteiger partial charge in [0.15, 0.2) is 6.61 Å². The van der Waals surface area contributed by atoms with Gasteiger partial charge in [-0.1, -0.05) is 48.5 Å². The fourth-order valence-corrected chi connectivity index (χ4v) is 7.03. The number of hydrogen-bond acceptors (Lipinski definition) is 2. The van der Waals surface area contributed by atoms with Crippen LogP contribution in [-0.4, -0.2) is 12.5 Å². The minimum Gasteiger partial charge on any atom is -0.483 e. The maximum absolute atomic E-state index is 12.5. The van der Waals surface area contributed by atoms with E-state index >= 15 is 0 Å². The van der Waals surface area contributed by atoms with Crippen molar-refractivity contribution in [2.45, 2.75) is 43.9 Å². The summed E-state index contributed by atoms with van der Waals surface area (Å²) >= 11 is 0. The molecule has 4 saturated carbocycles. The number of carbonyl (C=O) groups excluding carboxylic acids is 1. The first-order valence-electron chi connectivity index (χ1n) is 11.7. The first-order chi connectivity index (χ1) is 15.2. The highest BCUT2D eigenvalue weighted by molar-refractivity contribution is 5.93.